The molecule has 45 heavy (non-hydrogen) atoms. The number of hydrogen-bond donors (Lipinski definition) is 0. The van der Waals surface area contributed by atoms with Crippen LogP contribution >= 0.6 is 22.9 Å². The molecule has 9 rings (SSSR count). The lowest BCUT2D eigenvalue weighted by Crippen LogP contribution is -2.28. The van der Waals surface area contributed by atoms with Gasteiger partial charge in [-0.1, -0.05) is 127 Å². The van der Waals surface area contributed by atoms with Gasteiger partial charge in [-0.25, -0.2) is 0 Å². The van der Waals surface area contributed by atoms with Crippen LogP contribution in [0.1, 0.15) is 22.3 Å². The monoisotopic (exact) mass is 611 g/mol. The van der Waals surface area contributed by atoms with Crippen molar-refractivity contribution in [1.82, 2.24) is 4.98 Å². The number of nitrogens with zero attached hydrogens (tertiary/aromatic N) is 1. The summed E-state index contributed by atoms with van der Waals surface area (Å²) < 4.78 is 2.48. The first kappa shape index (κ1) is 26.4. The molecule has 2 heterocycles. The van der Waals surface area contributed by atoms with Gasteiger partial charge in [0.1, 0.15) is 0 Å². The van der Waals surface area contributed by atoms with Gasteiger partial charge in [0.05, 0.1) is 5.41 Å². The Labute approximate surface area is 271 Å². The molecule has 8 aromatic rings. The van der Waals surface area contributed by atoms with Crippen molar-refractivity contribution in [3.63, 3.8) is 0 Å². The standard InChI is InChI=1S/C42H26ClNS/c43-38-22-21-32(41-40(38)35-17-3-6-20-39(35)45-41)29-12-7-10-27(24-29)28-11-8-13-30(25-28)42(31-14-9-23-44-26-31)36-18-4-1-15-33(36)34-16-2-5-19-37(34)42/h1-26H. The number of thiophene rings is 1. The molecule has 0 saturated carbocycles. The first-order valence-corrected chi connectivity index (χ1v) is 16.3. The molecule has 0 N–H and O–H groups in total. The quantitative estimate of drug-likeness (QED) is 0.193. The van der Waals surface area contributed by atoms with E-state index in [1.54, 1.807) is 0 Å². The highest BCUT2D eigenvalue weighted by Crippen LogP contribution is 2.56. The maximum Gasteiger partial charge on any atom is 0.0728 e. The van der Waals surface area contributed by atoms with Crippen molar-refractivity contribution in [3.8, 4) is 33.4 Å². The van der Waals surface area contributed by atoms with Crippen molar-refractivity contribution in [1.29, 1.82) is 0 Å². The van der Waals surface area contributed by atoms with Crippen LogP contribution in [0, 0.1) is 0 Å². The van der Waals surface area contributed by atoms with Crippen molar-refractivity contribution in [2.75, 3.05) is 0 Å². The van der Waals surface area contributed by atoms with Gasteiger partial charge in [0.25, 0.3) is 0 Å². The Hall–Kier alpha value is -5.02. The van der Waals surface area contributed by atoms with Crippen LogP contribution in [-0.4, -0.2) is 4.98 Å². The van der Waals surface area contributed by atoms with Gasteiger partial charge in [-0.3, -0.25) is 4.98 Å². The molecule has 0 spiro atoms. The minimum atomic E-state index is -0.478. The van der Waals surface area contributed by atoms with Crippen LogP contribution in [0.25, 0.3) is 53.6 Å². The van der Waals surface area contributed by atoms with Crippen LogP contribution in [0.5, 0.6) is 0 Å². The van der Waals surface area contributed by atoms with Gasteiger partial charge in [0.15, 0.2) is 0 Å². The van der Waals surface area contributed by atoms with Crippen molar-refractivity contribution >= 4 is 43.1 Å². The SMILES string of the molecule is Clc1ccc(-c2cccc(-c3cccc(C4(c5cccnc5)c5ccccc5-c5ccccc54)c3)c2)c2sc3ccccc3c12. The molecule has 2 aromatic heterocycles. The number of benzene rings is 6. The van der Waals surface area contributed by atoms with Crippen LogP contribution in [0.4, 0.5) is 0 Å². The summed E-state index contributed by atoms with van der Waals surface area (Å²) in [5.41, 5.74) is 11.8. The number of aromatic nitrogens is 1. The van der Waals surface area contributed by atoms with E-state index < -0.39 is 5.41 Å². The lowest BCUT2D eigenvalue weighted by Gasteiger charge is -2.33. The largest absolute Gasteiger partial charge is 0.264 e. The number of fused-ring (bicyclic) bond motifs is 6. The fourth-order valence-corrected chi connectivity index (χ4v) is 9.00. The third-order valence-electron chi connectivity index (χ3n) is 9.32. The van der Waals surface area contributed by atoms with E-state index in [-0.39, 0.29) is 0 Å². The van der Waals surface area contributed by atoms with Crippen LogP contribution in [0.2, 0.25) is 5.02 Å². The first-order chi connectivity index (χ1) is 22.2. The van der Waals surface area contributed by atoms with E-state index in [1.807, 2.05) is 29.8 Å². The zero-order valence-electron chi connectivity index (χ0n) is 24.2. The predicted molar refractivity (Wildman–Crippen MR) is 190 cm³/mol. The third kappa shape index (κ3) is 3.90. The molecule has 0 saturated heterocycles. The Kier molecular flexibility index (Phi) is 6.02. The molecule has 1 aliphatic rings. The maximum absolute atomic E-state index is 6.78. The Morgan fingerprint density at radius 1 is 0.533 bits per heavy atom. The number of hydrogen-bond acceptors (Lipinski definition) is 2. The fourth-order valence-electron chi connectivity index (χ4n) is 7.42. The summed E-state index contributed by atoms with van der Waals surface area (Å²) >= 11 is 8.59. The second-order valence-corrected chi connectivity index (χ2v) is 13.1. The smallest absolute Gasteiger partial charge is 0.0728 e. The number of rotatable bonds is 4. The van der Waals surface area contributed by atoms with Gasteiger partial charge in [-0.2, -0.15) is 0 Å². The molecule has 0 fully saturated rings. The summed E-state index contributed by atoms with van der Waals surface area (Å²) in [5.74, 6) is 0. The third-order valence-corrected chi connectivity index (χ3v) is 10.8. The molecule has 212 valence electrons. The lowest BCUT2D eigenvalue weighted by molar-refractivity contribution is 0.763. The number of pyridine rings is 1. The summed E-state index contributed by atoms with van der Waals surface area (Å²) in [4.78, 5) is 4.61. The van der Waals surface area contributed by atoms with E-state index in [4.69, 9.17) is 11.6 Å². The summed E-state index contributed by atoms with van der Waals surface area (Å²) in [6.45, 7) is 0. The summed E-state index contributed by atoms with van der Waals surface area (Å²) in [6, 6.07) is 52.7. The molecule has 0 atom stereocenters. The highest BCUT2D eigenvalue weighted by Gasteiger charge is 2.46. The zero-order valence-corrected chi connectivity index (χ0v) is 25.8. The van der Waals surface area contributed by atoms with Gasteiger partial charge in [-0.05, 0) is 86.0 Å². The van der Waals surface area contributed by atoms with Gasteiger partial charge in [0.2, 0.25) is 0 Å². The van der Waals surface area contributed by atoms with Crippen LogP contribution in [-0.2, 0) is 5.41 Å². The molecule has 6 aromatic carbocycles. The Bertz CT molecular complexity index is 2360. The first-order valence-electron chi connectivity index (χ1n) is 15.1. The topological polar surface area (TPSA) is 12.9 Å². The second-order valence-electron chi connectivity index (χ2n) is 11.6. The zero-order chi connectivity index (χ0) is 30.0. The number of halogens is 1. The summed E-state index contributed by atoms with van der Waals surface area (Å²) in [7, 11) is 0. The highest BCUT2D eigenvalue weighted by molar-refractivity contribution is 7.26. The molecule has 3 heteroatoms. The lowest BCUT2D eigenvalue weighted by atomic mass is 9.68. The van der Waals surface area contributed by atoms with E-state index in [0.29, 0.717) is 0 Å². The van der Waals surface area contributed by atoms with Crippen LogP contribution in [0.15, 0.2) is 158 Å². The van der Waals surface area contributed by atoms with Gasteiger partial charge < -0.3 is 0 Å². The van der Waals surface area contributed by atoms with Crippen molar-refractivity contribution in [2.24, 2.45) is 0 Å². The molecular formula is C42H26ClNS. The molecule has 0 amide bonds. The predicted octanol–water partition coefficient (Wildman–Crippen LogP) is 11.8. The summed E-state index contributed by atoms with van der Waals surface area (Å²) in [5, 5.41) is 3.15. The molecule has 0 radical (unpaired) electrons. The Morgan fingerprint density at radius 2 is 1.20 bits per heavy atom. The van der Waals surface area contributed by atoms with Crippen molar-refractivity contribution < 1.29 is 0 Å². The van der Waals surface area contributed by atoms with Crippen LogP contribution < -0.4 is 0 Å². The molecule has 0 unspecified atom stereocenters. The van der Waals surface area contributed by atoms with E-state index >= 15 is 0 Å². The highest BCUT2D eigenvalue weighted by atomic mass is 35.5. The van der Waals surface area contributed by atoms with Crippen molar-refractivity contribution in [2.45, 2.75) is 5.41 Å². The fraction of sp³-hybridized carbons (Fsp3) is 0.0238. The van der Waals surface area contributed by atoms with Crippen LogP contribution in [0.3, 0.4) is 0 Å². The molecule has 0 bridgehead atoms. The average molecular weight is 612 g/mol. The van der Waals surface area contributed by atoms with E-state index in [0.717, 1.165) is 10.4 Å². The molecular weight excluding hydrogens is 586 g/mol. The Balaban J connectivity index is 1.24. The van der Waals surface area contributed by atoms with E-state index in [1.165, 1.54) is 70.4 Å². The molecule has 1 nitrogen and oxygen atoms in total. The average Bonchev–Trinajstić information content (AvgIpc) is 3.64. The Morgan fingerprint density at radius 3 is 1.98 bits per heavy atom. The minimum Gasteiger partial charge on any atom is -0.264 e. The normalized spacial score (nSPS) is 13.2. The molecule has 1 aliphatic carbocycles. The van der Waals surface area contributed by atoms with Gasteiger partial charge in [0, 0.05) is 37.6 Å². The molecule has 0 aliphatic heterocycles. The summed E-state index contributed by atoms with van der Waals surface area (Å²) in [6.07, 6.45) is 3.89. The van der Waals surface area contributed by atoms with Gasteiger partial charge >= 0.3 is 0 Å². The van der Waals surface area contributed by atoms with E-state index in [9.17, 15) is 0 Å². The maximum atomic E-state index is 6.78. The van der Waals surface area contributed by atoms with Crippen molar-refractivity contribution in [3.05, 3.63) is 185 Å². The minimum absolute atomic E-state index is 0.478. The van der Waals surface area contributed by atoms with Gasteiger partial charge in [-0.15, -0.1) is 11.3 Å². The van der Waals surface area contributed by atoms with E-state index in [2.05, 4.69) is 145 Å². The second kappa shape index (κ2) is 10.3.